The molecule has 0 rings (SSSR count). The van der Waals surface area contributed by atoms with Crippen LogP contribution in [0.1, 0.15) is 13.3 Å². The summed E-state index contributed by atoms with van der Waals surface area (Å²) in [5.41, 5.74) is 0. The molecule has 20 heavy (non-hydrogen) atoms. The highest BCUT2D eigenvalue weighted by Crippen LogP contribution is 2.54. The van der Waals surface area contributed by atoms with Crippen LogP contribution in [0.4, 0.5) is 39.5 Å². The van der Waals surface area contributed by atoms with E-state index in [0.717, 1.165) is 11.8 Å². The van der Waals surface area contributed by atoms with E-state index >= 15 is 0 Å². The lowest BCUT2D eigenvalue weighted by molar-refractivity contribution is -0.396. The van der Waals surface area contributed by atoms with E-state index in [0.29, 0.717) is 5.75 Å². The smallest absolute Gasteiger partial charge is 0.200 e. The summed E-state index contributed by atoms with van der Waals surface area (Å²) in [6, 6.07) is 0. The molecule has 11 heteroatoms. The van der Waals surface area contributed by atoms with Crippen LogP contribution < -0.4 is 0 Å². The Kier molecular flexibility index (Phi) is 6.84. The Balaban J connectivity index is 5.16. The van der Waals surface area contributed by atoms with Crippen molar-refractivity contribution in [2.45, 2.75) is 41.2 Å². The van der Waals surface area contributed by atoms with Crippen LogP contribution in [0.3, 0.4) is 0 Å². The average molecular weight is 448 g/mol. The Labute approximate surface area is 127 Å². The Morgan fingerprint density at radius 1 is 0.900 bits per heavy atom. The second kappa shape index (κ2) is 6.69. The normalized spacial score (nSPS) is 16.4. The molecule has 0 aliphatic heterocycles. The Hall–Kier alpha value is 0.450. The van der Waals surface area contributed by atoms with Gasteiger partial charge in [0, 0.05) is 16.1 Å². The third-order valence-corrected chi connectivity index (χ3v) is 4.72. The molecule has 0 N–H and O–H groups in total. The molecule has 0 amide bonds. The van der Waals surface area contributed by atoms with Gasteiger partial charge in [0.25, 0.3) is 0 Å². The summed E-state index contributed by atoms with van der Waals surface area (Å²) in [5.74, 6) is -18.3. The summed E-state index contributed by atoms with van der Waals surface area (Å²) in [7, 11) is 0. The lowest BCUT2D eigenvalue weighted by atomic mass is 10.00. The molecule has 0 bridgehead atoms. The number of alkyl halides is 10. The predicted molar refractivity (Wildman–Crippen MR) is 66.3 cm³/mol. The third-order valence-electron chi connectivity index (χ3n) is 2.19. The molecule has 0 saturated carbocycles. The van der Waals surface area contributed by atoms with Crippen molar-refractivity contribution in [3.8, 4) is 0 Å². The van der Waals surface area contributed by atoms with E-state index in [9.17, 15) is 39.5 Å². The van der Waals surface area contributed by atoms with Gasteiger partial charge in [-0.1, -0.05) is 29.5 Å². The fraction of sp³-hybridized carbons (Fsp3) is 1.00. The number of thioether (sulfide) groups is 1. The van der Waals surface area contributed by atoms with Crippen LogP contribution in [-0.2, 0) is 0 Å². The fourth-order valence-electron chi connectivity index (χ4n) is 1.12. The zero-order chi connectivity index (χ0) is 16.4. The summed E-state index contributed by atoms with van der Waals surface area (Å²) in [4.78, 5) is 0. The van der Waals surface area contributed by atoms with Crippen molar-refractivity contribution in [3.63, 3.8) is 0 Å². The van der Waals surface area contributed by atoms with Gasteiger partial charge in [-0.2, -0.15) is 51.3 Å². The van der Waals surface area contributed by atoms with E-state index in [2.05, 4.69) is 0 Å². The van der Waals surface area contributed by atoms with Crippen molar-refractivity contribution in [2.24, 2.45) is 0 Å². The van der Waals surface area contributed by atoms with Gasteiger partial charge in [0.2, 0.25) is 0 Å². The second-order valence-electron chi connectivity index (χ2n) is 3.81. The molecule has 0 aliphatic carbocycles. The second-order valence-corrected chi connectivity index (χ2v) is 6.89. The first-order valence-electron chi connectivity index (χ1n) is 5.12. The molecule has 0 saturated heterocycles. The molecule has 0 aromatic heterocycles. The Bertz CT molecular complexity index is 315. The molecule has 0 heterocycles. The van der Waals surface area contributed by atoms with Gasteiger partial charge in [-0.3, -0.25) is 0 Å². The minimum atomic E-state index is -6.79. The van der Waals surface area contributed by atoms with Crippen molar-refractivity contribution < 1.29 is 39.5 Å². The molecule has 0 fully saturated rings. The topological polar surface area (TPSA) is 0 Å². The average Bonchev–Trinajstić information content (AvgIpc) is 2.23. The van der Waals surface area contributed by atoms with Crippen LogP contribution in [0.15, 0.2) is 0 Å². The maximum absolute atomic E-state index is 13.2. The van der Waals surface area contributed by atoms with Crippen LogP contribution in [0.25, 0.3) is 0 Å². The predicted octanol–water partition coefficient (Wildman–Crippen LogP) is 5.40. The van der Waals surface area contributed by atoms with Gasteiger partial charge in [-0.15, -0.1) is 0 Å². The highest BCUT2D eigenvalue weighted by Gasteiger charge is 2.81. The standard InChI is InChI=1S/C9H10F9IS/c1-2-20-4-5(19)3-6(10,11)7(12,13)8(14,15)9(16,17)18/h5H,2-4H2,1H3. The zero-order valence-corrected chi connectivity index (χ0v) is 12.9. The van der Waals surface area contributed by atoms with Crippen LogP contribution in [0, 0.1) is 0 Å². The quantitative estimate of drug-likeness (QED) is 0.286. The zero-order valence-electron chi connectivity index (χ0n) is 9.89. The van der Waals surface area contributed by atoms with Crippen molar-refractivity contribution in [1.29, 1.82) is 0 Å². The van der Waals surface area contributed by atoms with E-state index in [1.54, 1.807) is 6.92 Å². The van der Waals surface area contributed by atoms with E-state index in [4.69, 9.17) is 0 Å². The molecule has 122 valence electrons. The SMILES string of the molecule is CCSCC(I)CC(F)(F)C(F)(F)C(F)(F)C(F)(F)F. The minimum Gasteiger partial charge on any atom is -0.200 e. The molecule has 0 aromatic rings. The number of rotatable bonds is 7. The Morgan fingerprint density at radius 2 is 1.35 bits per heavy atom. The first-order chi connectivity index (χ1) is 8.70. The van der Waals surface area contributed by atoms with Crippen LogP contribution in [0.5, 0.6) is 0 Å². The van der Waals surface area contributed by atoms with Gasteiger partial charge in [-0.05, 0) is 5.75 Å². The lowest BCUT2D eigenvalue weighted by Crippen LogP contribution is -2.61. The van der Waals surface area contributed by atoms with Gasteiger partial charge >= 0.3 is 23.9 Å². The van der Waals surface area contributed by atoms with Crippen LogP contribution in [-0.4, -0.2) is 39.4 Å². The summed E-state index contributed by atoms with van der Waals surface area (Å²) in [5, 5.41) is 0. The first kappa shape index (κ1) is 20.5. The number of halogens is 10. The first-order valence-corrected chi connectivity index (χ1v) is 7.52. The highest BCUT2D eigenvalue weighted by atomic mass is 127. The summed E-state index contributed by atoms with van der Waals surface area (Å²) < 4.78 is 112. The van der Waals surface area contributed by atoms with Gasteiger partial charge in [-0.25, -0.2) is 0 Å². The maximum atomic E-state index is 13.2. The molecule has 1 atom stereocenters. The largest absolute Gasteiger partial charge is 0.460 e. The van der Waals surface area contributed by atoms with Crippen molar-refractivity contribution in [1.82, 2.24) is 0 Å². The molecule has 0 aromatic carbocycles. The van der Waals surface area contributed by atoms with Gasteiger partial charge in [0.05, 0.1) is 0 Å². The molecular formula is C9H10F9IS. The monoisotopic (exact) mass is 448 g/mol. The van der Waals surface area contributed by atoms with Crippen molar-refractivity contribution >= 4 is 34.4 Å². The number of hydrogen-bond acceptors (Lipinski definition) is 1. The van der Waals surface area contributed by atoms with Gasteiger partial charge in [0.15, 0.2) is 0 Å². The van der Waals surface area contributed by atoms with E-state index in [1.807, 2.05) is 0 Å². The van der Waals surface area contributed by atoms with Crippen molar-refractivity contribution in [3.05, 3.63) is 0 Å². The van der Waals surface area contributed by atoms with Crippen LogP contribution >= 0.6 is 34.4 Å². The highest BCUT2D eigenvalue weighted by molar-refractivity contribution is 14.1. The maximum Gasteiger partial charge on any atom is 0.460 e. The van der Waals surface area contributed by atoms with Gasteiger partial charge < -0.3 is 0 Å². The lowest BCUT2D eigenvalue weighted by Gasteiger charge is -2.34. The third kappa shape index (κ3) is 4.23. The molecule has 0 radical (unpaired) electrons. The van der Waals surface area contributed by atoms with Crippen LogP contribution in [0.2, 0.25) is 0 Å². The molecule has 0 aliphatic rings. The van der Waals surface area contributed by atoms with E-state index in [1.165, 1.54) is 22.6 Å². The minimum absolute atomic E-state index is 0.0552. The summed E-state index contributed by atoms with van der Waals surface area (Å²) in [6.45, 7) is 1.65. The van der Waals surface area contributed by atoms with E-state index in [-0.39, 0.29) is 5.75 Å². The molecule has 0 nitrogen and oxygen atoms in total. The van der Waals surface area contributed by atoms with Gasteiger partial charge in [0.1, 0.15) is 0 Å². The fourth-order valence-corrected chi connectivity index (χ4v) is 3.04. The molecule has 0 spiro atoms. The molecule has 1 unspecified atom stereocenters. The molecular weight excluding hydrogens is 438 g/mol. The summed E-state index contributed by atoms with van der Waals surface area (Å²) >= 11 is 2.40. The van der Waals surface area contributed by atoms with E-state index < -0.39 is 34.3 Å². The number of hydrogen-bond donors (Lipinski definition) is 0. The van der Waals surface area contributed by atoms with Crippen molar-refractivity contribution in [2.75, 3.05) is 11.5 Å². The Morgan fingerprint density at radius 3 is 1.70 bits per heavy atom. The summed E-state index contributed by atoms with van der Waals surface area (Å²) in [6.07, 6.45) is -8.52.